The molecule has 0 aliphatic heterocycles. The molecule has 2 aromatic carbocycles. The maximum atomic E-state index is 6.40. The van der Waals surface area contributed by atoms with Crippen LogP contribution in [-0.4, -0.2) is 29.2 Å². The Morgan fingerprint density at radius 1 is 1.22 bits per heavy atom. The van der Waals surface area contributed by atoms with Crippen LogP contribution in [0.5, 0.6) is 10.8 Å². The predicted octanol–water partition coefficient (Wildman–Crippen LogP) is 6.57. The lowest BCUT2D eigenvalue weighted by atomic mass is 10.2. The molecule has 27 heavy (non-hydrogen) atoms. The van der Waals surface area contributed by atoms with E-state index in [0.29, 0.717) is 10.8 Å². The summed E-state index contributed by atoms with van der Waals surface area (Å²) in [5, 5.41) is 1.29. The van der Waals surface area contributed by atoms with Gasteiger partial charge in [-0.2, -0.15) is 4.37 Å². The van der Waals surface area contributed by atoms with E-state index in [-0.39, 0.29) is 0 Å². The molecule has 0 amide bonds. The van der Waals surface area contributed by atoms with Crippen LogP contribution in [0, 0.1) is 6.92 Å². The van der Waals surface area contributed by atoms with E-state index in [9.17, 15) is 0 Å². The number of aliphatic imine (C=N–C) groups is 1. The van der Waals surface area contributed by atoms with Gasteiger partial charge in [0.1, 0.15) is 5.75 Å². The fraction of sp³-hybridized carbons (Fsp3) is 0.238. The van der Waals surface area contributed by atoms with Gasteiger partial charge < -0.3 is 9.64 Å². The fourth-order valence-corrected chi connectivity index (χ4v) is 3.43. The Hall–Kier alpha value is -2.37. The van der Waals surface area contributed by atoms with Crippen molar-refractivity contribution in [2.45, 2.75) is 20.3 Å². The number of halogens is 1. The van der Waals surface area contributed by atoms with E-state index in [1.54, 1.807) is 6.34 Å². The van der Waals surface area contributed by atoms with Crippen LogP contribution in [-0.2, 0) is 0 Å². The van der Waals surface area contributed by atoms with E-state index < -0.39 is 0 Å². The maximum absolute atomic E-state index is 6.40. The Morgan fingerprint density at radius 2 is 2.00 bits per heavy atom. The number of rotatable bonds is 7. The minimum atomic E-state index is 0.560. The Morgan fingerprint density at radius 3 is 2.74 bits per heavy atom. The first kappa shape index (κ1) is 19.4. The molecule has 0 aliphatic carbocycles. The monoisotopic (exact) mass is 399 g/mol. The highest BCUT2D eigenvalue weighted by Crippen LogP contribution is 2.37. The van der Waals surface area contributed by atoms with Gasteiger partial charge in [-0.1, -0.05) is 48.9 Å². The summed E-state index contributed by atoms with van der Waals surface area (Å²) in [5.41, 5.74) is 3.68. The smallest absolute Gasteiger partial charge is 0.200 e. The van der Waals surface area contributed by atoms with Crippen molar-refractivity contribution in [3.63, 3.8) is 0 Å². The largest absolute Gasteiger partial charge is 0.445 e. The van der Waals surface area contributed by atoms with E-state index in [2.05, 4.69) is 16.3 Å². The quantitative estimate of drug-likeness (QED) is 0.333. The van der Waals surface area contributed by atoms with E-state index in [0.717, 1.165) is 40.5 Å². The summed E-state index contributed by atoms with van der Waals surface area (Å²) in [6.45, 7) is 5.08. The Kier molecular flexibility index (Phi) is 6.48. The van der Waals surface area contributed by atoms with Gasteiger partial charge in [-0.25, -0.2) is 4.99 Å². The van der Waals surface area contributed by atoms with Crippen LogP contribution in [0.3, 0.4) is 0 Å². The second-order valence-electron chi connectivity index (χ2n) is 6.29. The van der Waals surface area contributed by atoms with E-state index in [1.807, 2.05) is 67.4 Å². The summed E-state index contributed by atoms with van der Waals surface area (Å²) >= 11 is 7.73. The van der Waals surface area contributed by atoms with Crippen molar-refractivity contribution >= 4 is 35.2 Å². The van der Waals surface area contributed by atoms with Crippen LogP contribution in [0.25, 0.3) is 11.3 Å². The van der Waals surface area contributed by atoms with Crippen LogP contribution in [0.2, 0.25) is 5.02 Å². The molecule has 0 fully saturated rings. The van der Waals surface area contributed by atoms with Crippen LogP contribution in [0.15, 0.2) is 53.5 Å². The maximum Gasteiger partial charge on any atom is 0.200 e. The number of aryl methyl sites for hydroxylation is 1. The first-order chi connectivity index (χ1) is 13.1. The van der Waals surface area contributed by atoms with Crippen LogP contribution in [0.1, 0.15) is 18.9 Å². The zero-order chi connectivity index (χ0) is 19.2. The molecule has 0 spiro atoms. The normalized spacial score (nSPS) is 11.1. The van der Waals surface area contributed by atoms with Crippen molar-refractivity contribution in [3.8, 4) is 22.1 Å². The van der Waals surface area contributed by atoms with Gasteiger partial charge in [0.05, 0.1) is 22.7 Å². The molecule has 0 atom stereocenters. The van der Waals surface area contributed by atoms with Gasteiger partial charge in [0.15, 0.2) is 0 Å². The second kappa shape index (κ2) is 9.02. The predicted molar refractivity (Wildman–Crippen MR) is 115 cm³/mol. The highest BCUT2D eigenvalue weighted by molar-refractivity contribution is 7.08. The molecule has 0 N–H and O–H groups in total. The lowest BCUT2D eigenvalue weighted by Gasteiger charge is -2.12. The van der Waals surface area contributed by atoms with Gasteiger partial charge in [-0.3, -0.25) is 0 Å². The Balaban J connectivity index is 1.76. The molecule has 0 saturated carbocycles. The number of hydrogen-bond donors (Lipinski definition) is 0. The topological polar surface area (TPSA) is 37.7 Å². The molecule has 3 rings (SSSR count). The van der Waals surface area contributed by atoms with Crippen molar-refractivity contribution in [2.24, 2.45) is 4.99 Å². The fourth-order valence-electron chi connectivity index (χ4n) is 2.59. The zero-order valence-corrected chi connectivity index (χ0v) is 17.2. The van der Waals surface area contributed by atoms with E-state index >= 15 is 0 Å². The van der Waals surface area contributed by atoms with Crippen molar-refractivity contribution < 1.29 is 4.74 Å². The molecule has 0 aliphatic rings. The summed E-state index contributed by atoms with van der Waals surface area (Å²) in [4.78, 5) is 6.52. The van der Waals surface area contributed by atoms with Crippen molar-refractivity contribution in [1.29, 1.82) is 0 Å². The third kappa shape index (κ3) is 5.08. The summed E-state index contributed by atoms with van der Waals surface area (Å²) in [7, 11) is 2.00. The number of ether oxygens (including phenoxy) is 1. The van der Waals surface area contributed by atoms with Crippen molar-refractivity contribution in [2.75, 3.05) is 13.6 Å². The summed E-state index contributed by atoms with van der Waals surface area (Å²) < 4.78 is 10.5. The molecule has 0 saturated heterocycles. The Labute approximate surface area is 169 Å². The molecule has 140 valence electrons. The lowest BCUT2D eigenvalue weighted by molar-refractivity contribution is 0.493. The first-order valence-electron chi connectivity index (χ1n) is 8.81. The molecule has 6 heteroatoms. The van der Waals surface area contributed by atoms with Crippen molar-refractivity contribution in [3.05, 3.63) is 59.1 Å². The molecule has 0 bridgehead atoms. The molecular weight excluding hydrogens is 378 g/mol. The van der Waals surface area contributed by atoms with Gasteiger partial charge in [0.2, 0.25) is 5.06 Å². The summed E-state index contributed by atoms with van der Waals surface area (Å²) in [6, 6.07) is 15.7. The molecule has 0 unspecified atom stereocenters. The molecule has 4 nitrogen and oxygen atoms in total. The van der Waals surface area contributed by atoms with E-state index in [4.69, 9.17) is 16.3 Å². The van der Waals surface area contributed by atoms with Crippen LogP contribution in [0.4, 0.5) is 5.69 Å². The third-order valence-corrected chi connectivity index (χ3v) is 4.96. The average Bonchev–Trinajstić information content (AvgIpc) is 3.13. The average molecular weight is 400 g/mol. The minimum Gasteiger partial charge on any atom is -0.445 e. The molecule has 0 radical (unpaired) electrons. The SMILES string of the molecule is CCCN(C)/C=N\c1cc(C)c(Oc2cc(-c3ccccc3)ns2)cc1Cl. The molecular formula is C21H22ClN3OS. The van der Waals surface area contributed by atoms with Gasteiger partial charge in [0, 0.05) is 42.8 Å². The summed E-state index contributed by atoms with van der Waals surface area (Å²) in [5.74, 6) is 0.712. The molecule has 1 heterocycles. The lowest BCUT2D eigenvalue weighted by Crippen LogP contribution is -2.16. The molecule has 1 aromatic heterocycles. The Bertz CT molecular complexity index is 924. The summed E-state index contributed by atoms with van der Waals surface area (Å²) in [6.07, 6.45) is 2.88. The number of aromatic nitrogens is 1. The number of hydrogen-bond acceptors (Lipinski definition) is 4. The van der Waals surface area contributed by atoms with Crippen LogP contribution >= 0.6 is 23.1 Å². The van der Waals surface area contributed by atoms with Crippen LogP contribution < -0.4 is 4.74 Å². The third-order valence-electron chi connectivity index (χ3n) is 3.98. The van der Waals surface area contributed by atoms with Gasteiger partial charge in [-0.15, -0.1) is 0 Å². The number of benzene rings is 2. The number of nitrogens with zero attached hydrogens (tertiary/aromatic N) is 3. The second-order valence-corrected chi connectivity index (χ2v) is 7.47. The highest BCUT2D eigenvalue weighted by Gasteiger charge is 2.11. The van der Waals surface area contributed by atoms with Crippen molar-refractivity contribution in [1.82, 2.24) is 9.27 Å². The van der Waals surface area contributed by atoms with Gasteiger partial charge in [-0.05, 0) is 25.0 Å². The minimum absolute atomic E-state index is 0.560. The van der Waals surface area contributed by atoms with E-state index in [1.165, 1.54) is 11.5 Å². The van der Waals surface area contributed by atoms with Gasteiger partial charge in [0.25, 0.3) is 0 Å². The standard InChI is InChI=1S/C21H22ClN3OS/c1-4-10-25(3)14-23-19-11-15(2)20(12-17(19)22)26-21-13-18(24-27-21)16-8-6-5-7-9-16/h5-9,11-14H,4,10H2,1-3H3/b23-14-. The zero-order valence-electron chi connectivity index (χ0n) is 15.6. The molecule has 3 aromatic rings. The highest BCUT2D eigenvalue weighted by atomic mass is 35.5. The first-order valence-corrected chi connectivity index (χ1v) is 9.96. The van der Waals surface area contributed by atoms with Gasteiger partial charge >= 0.3 is 0 Å².